The topological polar surface area (TPSA) is 106 Å². The zero-order valence-corrected chi connectivity index (χ0v) is 24.1. The summed E-state index contributed by atoms with van der Waals surface area (Å²) in [5, 5.41) is 11.2. The number of ketones is 1. The number of aliphatic hydroxyl groups is 1. The first-order valence-electron chi connectivity index (χ1n) is 13.6. The van der Waals surface area contributed by atoms with Gasteiger partial charge in [0.2, 0.25) is 5.78 Å². The molecule has 0 bridgehead atoms. The SMILES string of the molecule is COc1ccc(C2C(C(=O)c3sc4nc5ccccc5n4c3C)=C(O)C(=O)N2CCCN2CCOCC2)cc1OC. The second kappa shape index (κ2) is 11.2. The Kier molecular flexibility index (Phi) is 7.41. The van der Waals surface area contributed by atoms with Crippen LogP contribution in [0, 0.1) is 6.92 Å². The molecule has 0 aliphatic carbocycles. The summed E-state index contributed by atoms with van der Waals surface area (Å²) in [7, 11) is 3.09. The molecule has 4 heterocycles. The Labute approximate surface area is 241 Å². The van der Waals surface area contributed by atoms with Crippen molar-refractivity contribution in [3.63, 3.8) is 0 Å². The van der Waals surface area contributed by atoms with Gasteiger partial charge in [0.1, 0.15) is 0 Å². The predicted molar refractivity (Wildman–Crippen MR) is 155 cm³/mol. The van der Waals surface area contributed by atoms with Gasteiger partial charge in [0, 0.05) is 31.9 Å². The predicted octanol–water partition coefficient (Wildman–Crippen LogP) is 4.18. The second-order valence-electron chi connectivity index (χ2n) is 10.1. The van der Waals surface area contributed by atoms with Crippen LogP contribution in [0.25, 0.3) is 16.0 Å². The van der Waals surface area contributed by atoms with Gasteiger partial charge in [0.25, 0.3) is 5.91 Å². The summed E-state index contributed by atoms with van der Waals surface area (Å²) in [6.07, 6.45) is 0.683. The fraction of sp³-hybridized carbons (Fsp3) is 0.367. The minimum absolute atomic E-state index is 0.0606. The Bertz CT molecular complexity index is 1670. The number of morpholine rings is 1. The number of hydrogen-bond acceptors (Lipinski definition) is 9. The van der Waals surface area contributed by atoms with Crippen molar-refractivity contribution in [1.82, 2.24) is 19.2 Å². The molecule has 1 N–H and O–H groups in total. The lowest BCUT2D eigenvalue weighted by Crippen LogP contribution is -2.39. The molecule has 0 saturated carbocycles. The van der Waals surface area contributed by atoms with E-state index in [-0.39, 0.29) is 11.4 Å². The highest BCUT2D eigenvalue weighted by atomic mass is 32.1. The number of para-hydroxylation sites is 2. The van der Waals surface area contributed by atoms with Crippen molar-refractivity contribution in [2.45, 2.75) is 19.4 Å². The van der Waals surface area contributed by atoms with Crippen molar-refractivity contribution in [3.8, 4) is 11.5 Å². The van der Waals surface area contributed by atoms with E-state index in [1.807, 2.05) is 41.7 Å². The van der Waals surface area contributed by atoms with E-state index in [1.165, 1.54) is 18.4 Å². The highest BCUT2D eigenvalue weighted by molar-refractivity contribution is 7.19. The summed E-state index contributed by atoms with van der Waals surface area (Å²) >= 11 is 1.26. The van der Waals surface area contributed by atoms with Gasteiger partial charge in [-0.25, -0.2) is 4.98 Å². The number of carbonyl (C=O) groups is 2. The standard InChI is InChI=1S/C30H32N4O6S/c1-18-28(41-30-31-20-7-4-5-8-21(20)34(18)30)26(35)24-25(19-9-10-22(38-2)23(17-19)39-3)33(29(37)27(24)36)12-6-11-32-13-15-40-16-14-32/h4-5,7-10,17,25,36H,6,11-16H2,1-3H3. The molecule has 1 saturated heterocycles. The number of benzene rings is 2. The van der Waals surface area contributed by atoms with Crippen molar-refractivity contribution in [1.29, 1.82) is 0 Å². The van der Waals surface area contributed by atoms with E-state index in [0.29, 0.717) is 58.8 Å². The van der Waals surface area contributed by atoms with Crippen LogP contribution in [0.3, 0.4) is 0 Å². The number of carbonyl (C=O) groups excluding carboxylic acids is 2. The van der Waals surface area contributed by atoms with Crippen molar-refractivity contribution >= 4 is 39.0 Å². The van der Waals surface area contributed by atoms with Crippen molar-refractivity contribution in [2.75, 3.05) is 53.6 Å². The molecule has 2 aliphatic rings. The number of nitrogens with zero attached hydrogens (tertiary/aromatic N) is 4. The first-order chi connectivity index (χ1) is 19.9. The Morgan fingerprint density at radius 1 is 1.10 bits per heavy atom. The van der Waals surface area contributed by atoms with Gasteiger partial charge in [0.15, 0.2) is 22.2 Å². The highest BCUT2D eigenvalue weighted by Gasteiger charge is 2.44. The van der Waals surface area contributed by atoms with Gasteiger partial charge in [-0.15, -0.1) is 0 Å². The molecular weight excluding hydrogens is 544 g/mol. The maximum absolute atomic E-state index is 14.2. The van der Waals surface area contributed by atoms with Gasteiger partial charge in [-0.05, 0) is 43.2 Å². The molecule has 1 fully saturated rings. The smallest absolute Gasteiger partial charge is 0.290 e. The van der Waals surface area contributed by atoms with Crippen LogP contribution in [-0.2, 0) is 9.53 Å². The number of rotatable bonds is 9. The van der Waals surface area contributed by atoms with Crippen LogP contribution >= 0.6 is 11.3 Å². The van der Waals surface area contributed by atoms with E-state index in [0.717, 1.165) is 30.7 Å². The molecule has 214 valence electrons. The van der Waals surface area contributed by atoms with E-state index >= 15 is 0 Å². The van der Waals surface area contributed by atoms with Gasteiger partial charge in [0.05, 0.1) is 55.0 Å². The third kappa shape index (κ3) is 4.73. The quantitative estimate of drug-likeness (QED) is 0.296. The van der Waals surface area contributed by atoms with E-state index in [1.54, 1.807) is 24.1 Å². The maximum Gasteiger partial charge on any atom is 0.290 e. The summed E-state index contributed by atoms with van der Waals surface area (Å²) in [4.78, 5) is 37.5. The lowest BCUT2D eigenvalue weighted by Gasteiger charge is -2.30. The molecule has 1 atom stereocenters. The fourth-order valence-corrected chi connectivity index (χ4v) is 6.87. The normalized spacial score (nSPS) is 18.2. The number of thiazole rings is 1. The Hall–Kier alpha value is -3.93. The van der Waals surface area contributed by atoms with Gasteiger partial charge in [-0.1, -0.05) is 29.5 Å². The van der Waals surface area contributed by atoms with Gasteiger partial charge < -0.3 is 24.2 Å². The average Bonchev–Trinajstić information content (AvgIpc) is 3.61. The Balaban J connectivity index is 1.38. The molecule has 4 aromatic rings. The Morgan fingerprint density at radius 2 is 1.85 bits per heavy atom. The molecule has 1 amide bonds. The van der Waals surface area contributed by atoms with Crippen LogP contribution in [0.2, 0.25) is 0 Å². The fourth-order valence-electron chi connectivity index (χ4n) is 5.77. The summed E-state index contributed by atoms with van der Waals surface area (Å²) in [5.41, 5.74) is 3.17. The number of aryl methyl sites for hydroxylation is 1. The second-order valence-corrected chi connectivity index (χ2v) is 11.1. The minimum Gasteiger partial charge on any atom is -0.503 e. The number of amides is 1. The number of imidazole rings is 1. The van der Waals surface area contributed by atoms with Crippen LogP contribution in [0.15, 0.2) is 53.8 Å². The van der Waals surface area contributed by atoms with Gasteiger partial charge in [-0.2, -0.15) is 0 Å². The van der Waals surface area contributed by atoms with Crippen molar-refractivity contribution in [2.24, 2.45) is 0 Å². The summed E-state index contributed by atoms with van der Waals surface area (Å²) in [6, 6.07) is 12.3. The number of hydrogen-bond donors (Lipinski definition) is 1. The number of ether oxygens (including phenoxy) is 3. The molecule has 6 rings (SSSR count). The summed E-state index contributed by atoms with van der Waals surface area (Å²) in [5.74, 6) is -0.455. The average molecular weight is 577 g/mol. The maximum atomic E-state index is 14.2. The lowest BCUT2D eigenvalue weighted by atomic mass is 9.94. The van der Waals surface area contributed by atoms with Gasteiger partial charge >= 0.3 is 0 Å². The van der Waals surface area contributed by atoms with E-state index in [9.17, 15) is 14.7 Å². The van der Waals surface area contributed by atoms with Gasteiger partial charge in [-0.3, -0.25) is 18.9 Å². The molecule has 1 unspecified atom stereocenters. The van der Waals surface area contributed by atoms with Crippen molar-refractivity contribution < 1.29 is 28.9 Å². The lowest BCUT2D eigenvalue weighted by molar-refractivity contribution is -0.129. The molecule has 2 aromatic heterocycles. The zero-order valence-electron chi connectivity index (χ0n) is 23.3. The zero-order chi connectivity index (χ0) is 28.7. The molecule has 2 aliphatic heterocycles. The number of Topliss-reactive ketones (excluding diaryl/α,β-unsaturated/α-hetero) is 1. The molecule has 0 radical (unpaired) electrons. The molecule has 2 aromatic carbocycles. The minimum atomic E-state index is -0.787. The monoisotopic (exact) mass is 576 g/mol. The number of fused-ring (bicyclic) bond motifs is 3. The summed E-state index contributed by atoms with van der Waals surface area (Å²) < 4.78 is 18.4. The van der Waals surface area contributed by atoms with E-state index in [4.69, 9.17) is 14.2 Å². The third-order valence-electron chi connectivity index (χ3n) is 7.84. The largest absolute Gasteiger partial charge is 0.503 e. The molecular formula is C30H32N4O6S. The number of aromatic nitrogens is 2. The first kappa shape index (κ1) is 27.3. The summed E-state index contributed by atoms with van der Waals surface area (Å²) in [6.45, 7) is 6.08. The van der Waals surface area contributed by atoms with E-state index < -0.39 is 17.7 Å². The van der Waals surface area contributed by atoms with Crippen LogP contribution in [0.5, 0.6) is 11.5 Å². The molecule has 10 nitrogen and oxygen atoms in total. The van der Waals surface area contributed by atoms with Crippen LogP contribution in [0.1, 0.15) is 33.4 Å². The van der Waals surface area contributed by atoms with Crippen LogP contribution in [-0.4, -0.2) is 89.6 Å². The first-order valence-corrected chi connectivity index (χ1v) is 14.4. The number of aliphatic hydroxyl groups excluding tert-OH is 1. The van der Waals surface area contributed by atoms with E-state index in [2.05, 4.69) is 9.88 Å². The number of methoxy groups -OCH3 is 2. The molecule has 11 heteroatoms. The third-order valence-corrected chi connectivity index (χ3v) is 8.98. The molecule has 0 spiro atoms. The van der Waals surface area contributed by atoms with Crippen LogP contribution in [0.4, 0.5) is 0 Å². The molecule has 41 heavy (non-hydrogen) atoms. The Morgan fingerprint density at radius 3 is 2.61 bits per heavy atom. The van der Waals surface area contributed by atoms with Crippen molar-refractivity contribution in [3.05, 3.63) is 69.9 Å². The highest BCUT2D eigenvalue weighted by Crippen LogP contribution is 2.43. The van der Waals surface area contributed by atoms with Crippen LogP contribution < -0.4 is 9.47 Å².